The van der Waals surface area contributed by atoms with Gasteiger partial charge < -0.3 is 10.2 Å². The van der Waals surface area contributed by atoms with Crippen LogP contribution < -0.4 is 10.2 Å². The molecule has 2 rings (SSSR count). The average Bonchev–Trinajstić information content (AvgIpc) is 2.47. The zero-order chi connectivity index (χ0) is 15.4. The van der Waals surface area contributed by atoms with E-state index in [4.69, 9.17) is 0 Å². The predicted octanol–water partition coefficient (Wildman–Crippen LogP) is 3.58. The minimum Gasteiger partial charge on any atom is -0.372 e. The Bertz CT molecular complexity index is 643. The molecular formula is C15H18N4O2. The van der Waals surface area contributed by atoms with Crippen molar-refractivity contribution in [3.8, 4) is 0 Å². The first-order chi connectivity index (χ1) is 9.99. The third-order valence-corrected chi connectivity index (χ3v) is 3.27. The van der Waals surface area contributed by atoms with Gasteiger partial charge >= 0.3 is 5.69 Å². The lowest BCUT2D eigenvalue weighted by Crippen LogP contribution is -2.25. The van der Waals surface area contributed by atoms with Gasteiger partial charge in [0.15, 0.2) is 0 Å². The highest BCUT2D eigenvalue weighted by Crippen LogP contribution is 2.27. The fourth-order valence-corrected chi connectivity index (χ4v) is 1.88. The van der Waals surface area contributed by atoms with Crippen LogP contribution in [0.5, 0.6) is 0 Å². The van der Waals surface area contributed by atoms with Crippen LogP contribution in [0.2, 0.25) is 0 Å². The molecule has 0 unspecified atom stereocenters. The highest BCUT2D eigenvalue weighted by molar-refractivity contribution is 5.68. The molecule has 1 heterocycles. The molecule has 0 fully saturated rings. The predicted molar refractivity (Wildman–Crippen MR) is 84.2 cm³/mol. The highest BCUT2D eigenvalue weighted by Gasteiger charge is 2.14. The molecule has 0 aliphatic carbocycles. The number of hydrogen-bond acceptors (Lipinski definition) is 5. The minimum atomic E-state index is -0.445. The third-order valence-electron chi connectivity index (χ3n) is 3.27. The average molecular weight is 286 g/mol. The van der Waals surface area contributed by atoms with Crippen molar-refractivity contribution in [1.82, 2.24) is 4.98 Å². The lowest BCUT2D eigenvalue weighted by atomic mass is 10.2. The number of nitro groups is 1. The summed E-state index contributed by atoms with van der Waals surface area (Å²) in [6.07, 6.45) is 1.53. The van der Waals surface area contributed by atoms with Gasteiger partial charge in [-0.1, -0.05) is 6.07 Å². The van der Waals surface area contributed by atoms with E-state index in [2.05, 4.69) is 29.0 Å². The van der Waals surface area contributed by atoms with Gasteiger partial charge in [0, 0.05) is 36.7 Å². The number of nitrogens with one attached hydrogen (secondary N) is 1. The summed E-state index contributed by atoms with van der Waals surface area (Å²) >= 11 is 0. The number of aromatic nitrogens is 1. The van der Waals surface area contributed by atoms with Crippen molar-refractivity contribution in [3.05, 3.63) is 52.7 Å². The van der Waals surface area contributed by atoms with Gasteiger partial charge in [-0.25, -0.2) is 4.98 Å². The van der Waals surface area contributed by atoms with E-state index in [1.165, 1.54) is 12.3 Å². The number of benzene rings is 1. The molecule has 1 aromatic carbocycles. The van der Waals surface area contributed by atoms with Crippen LogP contribution in [0.4, 0.5) is 22.9 Å². The highest BCUT2D eigenvalue weighted by atomic mass is 16.6. The van der Waals surface area contributed by atoms with Gasteiger partial charge in [0.2, 0.25) is 5.82 Å². The second-order valence-corrected chi connectivity index (χ2v) is 5.01. The molecule has 21 heavy (non-hydrogen) atoms. The Labute approximate surface area is 123 Å². The monoisotopic (exact) mass is 286 g/mol. The van der Waals surface area contributed by atoms with Crippen molar-refractivity contribution in [2.75, 3.05) is 17.3 Å². The fraction of sp³-hybridized carbons (Fsp3) is 0.267. The second kappa shape index (κ2) is 6.21. The zero-order valence-electron chi connectivity index (χ0n) is 12.3. The fourth-order valence-electron chi connectivity index (χ4n) is 1.88. The Kier molecular flexibility index (Phi) is 4.37. The van der Waals surface area contributed by atoms with E-state index in [0.717, 1.165) is 11.4 Å². The van der Waals surface area contributed by atoms with Crippen LogP contribution in [0.3, 0.4) is 0 Å². The van der Waals surface area contributed by atoms with Gasteiger partial charge in [-0.2, -0.15) is 0 Å². The van der Waals surface area contributed by atoms with E-state index in [9.17, 15) is 10.1 Å². The van der Waals surface area contributed by atoms with Gasteiger partial charge in [-0.15, -0.1) is 0 Å². The molecule has 0 bridgehead atoms. The van der Waals surface area contributed by atoms with E-state index in [1.54, 1.807) is 6.07 Å². The van der Waals surface area contributed by atoms with Crippen LogP contribution in [0.25, 0.3) is 0 Å². The molecule has 0 spiro atoms. The van der Waals surface area contributed by atoms with Crippen molar-refractivity contribution in [2.24, 2.45) is 0 Å². The van der Waals surface area contributed by atoms with E-state index in [-0.39, 0.29) is 11.5 Å². The molecule has 0 atom stereocenters. The topological polar surface area (TPSA) is 71.3 Å². The zero-order valence-corrected chi connectivity index (χ0v) is 12.3. The molecule has 110 valence electrons. The maximum atomic E-state index is 11.0. The summed E-state index contributed by atoms with van der Waals surface area (Å²) in [5.41, 5.74) is 1.76. The normalized spacial score (nSPS) is 10.5. The van der Waals surface area contributed by atoms with E-state index in [0.29, 0.717) is 6.04 Å². The molecule has 0 radical (unpaired) electrons. The maximum Gasteiger partial charge on any atom is 0.311 e. The molecule has 0 saturated heterocycles. The van der Waals surface area contributed by atoms with Gasteiger partial charge in [-0.05, 0) is 38.1 Å². The van der Waals surface area contributed by atoms with Crippen LogP contribution in [0.1, 0.15) is 13.8 Å². The Morgan fingerprint density at radius 2 is 2.05 bits per heavy atom. The lowest BCUT2D eigenvalue weighted by molar-refractivity contribution is -0.384. The molecule has 0 saturated carbocycles. The minimum absolute atomic E-state index is 0.0416. The van der Waals surface area contributed by atoms with E-state index >= 15 is 0 Å². The van der Waals surface area contributed by atoms with Gasteiger partial charge in [-0.3, -0.25) is 10.1 Å². The van der Waals surface area contributed by atoms with Crippen molar-refractivity contribution < 1.29 is 4.92 Å². The number of anilines is 3. The smallest absolute Gasteiger partial charge is 0.311 e. The first-order valence-electron chi connectivity index (χ1n) is 6.68. The van der Waals surface area contributed by atoms with Crippen molar-refractivity contribution in [3.63, 3.8) is 0 Å². The lowest BCUT2D eigenvalue weighted by Gasteiger charge is -2.24. The molecule has 6 heteroatoms. The van der Waals surface area contributed by atoms with Crippen LogP contribution in [0.15, 0.2) is 42.6 Å². The molecule has 1 aromatic heterocycles. The maximum absolute atomic E-state index is 11.0. The molecular weight excluding hydrogens is 268 g/mol. The van der Waals surface area contributed by atoms with Crippen LogP contribution in [-0.4, -0.2) is 23.0 Å². The summed E-state index contributed by atoms with van der Waals surface area (Å²) in [4.78, 5) is 16.7. The van der Waals surface area contributed by atoms with Gasteiger partial charge in [0.25, 0.3) is 0 Å². The number of rotatable bonds is 5. The Morgan fingerprint density at radius 1 is 1.29 bits per heavy atom. The number of pyridine rings is 1. The molecule has 0 aliphatic heterocycles. The van der Waals surface area contributed by atoms with Gasteiger partial charge in [0.05, 0.1) is 4.92 Å². The summed E-state index contributed by atoms with van der Waals surface area (Å²) in [6.45, 7) is 4.20. The third kappa shape index (κ3) is 3.47. The summed E-state index contributed by atoms with van der Waals surface area (Å²) in [5, 5.41) is 14.0. The summed E-state index contributed by atoms with van der Waals surface area (Å²) < 4.78 is 0. The van der Waals surface area contributed by atoms with Gasteiger partial charge in [0.1, 0.15) is 0 Å². The molecule has 0 amide bonds. The SMILES string of the molecule is CC(C)N(C)c1cccc(Nc2ncccc2[N+](=O)[O-])c1. The number of nitrogens with zero attached hydrogens (tertiary/aromatic N) is 3. The van der Waals surface area contributed by atoms with E-state index < -0.39 is 4.92 Å². The Morgan fingerprint density at radius 3 is 2.71 bits per heavy atom. The van der Waals surface area contributed by atoms with Crippen molar-refractivity contribution in [1.29, 1.82) is 0 Å². The van der Waals surface area contributed by atoms with E-state index in [1.807, 2.05) is 31.3 Å². The van der Waals surface area contributed by atoms with Crippen LogP contribution in [-0.2, 0) is 0 Å². The Balaban J connectivity index is 2.29. The quantitative estimate of drug-likeness (QED) is 0.672. The molecule has 2 aromatic rings. The van der Waals surface area contributed by atoms with Crippen molar-refractivity contribution >= 4 is 22.9 Å². The summed E-state index contributed by atoms with van der Waals surface area (Å²) in [7, 11) is 2.01. The first-order valence-corrected chi connectivity index (χ1v) is 6.68. The first kappa shape index (κ1) is 14.8. The summed E-state index contributed by atoms with van der Waals surface area (Å²) in [6, 6.07) is 11.0. The standard InChI is InChI=1S/C15H18N4O2/c1-11(2)18(3)13-7-4-6-12(10-13)17-15-14(19(20)21)8-5-9-16-15/h4-11H,1-3H3,(H,16,17). The van der Waals surface area contributed by atoms with Crippen molar-refractivity contribution in [2.45, 2.75) is 19.9 Å². The second-order valence-electron chi connectivity index (χ2n) is 5.01. The number of hydrogen-bond donors (Lipinski definition) is 1. The molecule has 0 aliphatic rings. The summed E-state index contributed by atoms with van der Waals surface area (Å²) in [5.74, 6) is 0.242. The Hall–Kier alpha value is -2.63. The molecule has 6 nitrogen and oxygen atoms in total. The molecule has 1 N–H and O–H groups in total. The van der Waals surface area contributed by atoms with Crippen LogP contribution >= 0.6 is 0 Å². The largest absolute Gasteiger partial charge is 0.372 e. The van der Waals surface area contributed by atoms with Crippen LogP contribution in [0, 0.1) is 10.1 Å².